The molecular weight excluding hydrogens is 757 g/mol. The Balaban J connectivity index is 6.08. The molecule has 0 bridgehead atoms. The Bertz CT molecular complexity index is 923. The molecule has 0 fully saturated rings. The number of halogens is 18. The highest BCUT2D eigenvalue weighted by atomic mass is 31.1. The third-order valence-electron chi connectivity index (χ3n) is 6.83. The van der Waals surface area contributed by atoms with Crippen molar-refractivity contribution in [2.75, 3.05) is 19.9 Å². The fraction of sp³-hybridized carbons (Fsp3) is 1.00. The van der Waals surface area contributed by atoms with Crippen molar-refractivity contribution in [1.82, 2.24) is 0 Å². The molecule has 0 saturated carbocycles. The zero-order chi connectivity index (χ0) is 36.8. The summed E-state index contributed by atoms with van der Waals surface area (Å²) in [5, 5.41) is 0. The number of alkyl halides is 18. The second-order valence-electron chi connectivity index (χ2n) is 10.5. The van der Waals surface area contributed by atoms with Crippen LogP contribution in [0.25, 0.3) is 0 Å². The molecule has 0 aliphatic rings. The van der Waals surface area contributed by atoms with Gasteiger partial charge in [0.15, 0.2) is 27.1 Å². The van der Waals surface area contributed by atoms with E-state index in [-0.39, 0.29) is 21.5 Å². The summed E-state index contributed by atoms with van der Waals surface area (Å²) in [7, 11) is -7.88. The van der Waals surface area contributed by atoms with E-state index in [4.69, 9.17) is 13.1 Å². The molecule has 25 heteroatoms. The summed E-state index contributed by atoms with van der Waals surface area (Å²) in [5.41, 5.74) is -2.60. The average Bonchev–Trinajstić information content (AvgIpc) is 2.87. The Hall–Kier alpha value is -0.299. The number of hydrogen-bond donors (Lipinski definition) is 0. The van der Waals surface area contributed by atoms with Crippen LogP contribution in [0.1, 0.15) is 25.7 Å². The Morgan fingerprint density at radius 2 is 1.02 bits per heavy atom. The van der Waals surface area contributed by atoms with Gasteiger partial charge >= 0.3 is 47.9 Å². The maximum Gasteiger partial charge on any atom is 0.460 e. The van der Waals surface area contributed by atoms with Gasteiger partial charge in [-0.05, 0) is 50.4 Å². The number of hydrogen-bond acceptors (Lipinski definition) is 3. The highest BCUT2D eigenvalue weighted by molar-refractivity contribution is 7.31. The summed E-state index contributed by atoms with van der Waals surface area (Å²) in [6.45, 7) is 6.36. The average molecular weight is 791 g/mol. The zero-order valence-corrected chi connectivity index (χ0v) is 29.0. The molecule has 0 aliphatic carbocycles. The molecule has 0 aromatic heterocycles. The highest BCUT2D eigenvalue weighted by Crippen LogP contribution is 2.57. The third kappa shape index (κ3) is 11.1. The molecule has 0 rings (SSSR count). The van der Waals surface area contributed by atoms with Crippen LogP contribution in [0.3, 0.4) is 0 Å². The molecule has 278 valence electrons. The van der Waals surface area contributed by atoms with E-state index in [1.165, 1.54) is 6.55 Å². The minimum absolute atomic E-state index is 0.183. The fourth-order valence-electron chi connectivity index (χ4n) is 4.01. The molecule has 0 spiro atoms. The van der Waals surface area contributed by atoms with Crippen LogP contribution in [0.15, 0.2) is 0 Å². The summed E-state index contributed by atoms with van der Waals surface area (Å²) in [6.07, 6.45) is -21.7. The molecule has 5 atom stereocenters. The third-order valence-corrected chi connectivity index (χ3v) is 16.0. The zero-order valence-electron chi connectivity index (χ0n) is 24.5. The molecule has 0 aromatic carbocycles. The van der Waals surface area contributed by atoms with E-state index in [2.05, 4.69) is 0 Å². The van der Waals surface area contributed by atoms with Crippen molar-refractivity contribution in [1.29, 1.82) is 0 Å². The smallest absolute Gasteiger partial charge is 0.460 e. The van der Waals surface area contributed by atoms with Gasteiger partial charge in [-0.1, -0.05) is 6.42 Å². The van der Waals surface area contributed by atoms with Gasteiger partial charge in [-0.15, -0.1) is 0 Å². The quantitative estimate of drug-likeness (QED) is 0.0503. The molecule has 0 radical (unpaired) electrons. The van der Waals surface area contributed by atoms with Gasteiger partial charge in [0, 0.05) is 21.6 Å². The van der Waals surface area contributed by atoms with Crippen LogP contribution in [0.5, 0.6) is 0 Å². The summed E-state index contributed by atoms with van der Waals surface area (Å²) in [4.78, 5) is 0. The van der Waals surface area contributed by atoms with E-state index in [0.29, 0.717) is 19.1 Å². The number of rotatable bonds is 21. The van der Waals surface area contributed by atoms with E-state index >= 15 is 0 Å². The van der Waals surface area contributed by atoms with Crippen molar-refractivity contribution < 1.29 is 92.1 Å². The van der Waals surface area contributed by atoms with Gasteiger partial charge in [-0.2, -0.15) is 79.0 Å². The van der Waals surface area contributed by atoms with Crippen LogP contribution in [-0.4, -0.2) is 94.9 Å². The fourth-order valence-corrected chi connectivity index (χ4v) is 12.7. The summed E-state index contributed by atoms with van der Waals surface area (Å²) < 4.78 is 257. The standard InChI is InChI=1S/C21H33F18O3PSi3/c1-43-40-8-9-41-44(2)10-5-11-45(3)42-46(4)13(12-15(24,25)17(28,29)19(32,33)21(37,38)39)6-7-14(22,23)16(26,27)18(30,31)20(34,35)36/h13,43-46H,5-12H2,1-4H3. The van der Waals surface area contributed by atoms with Gasteiger partial charge in [0.1, 0.15) is 0 Å². The minimum Gasteiger partial charge on any atom is -0.460 e. The molecule has 0 heterocycles. The lowest BCUT2D eigenvalue weighted by molar-refractivity contribution is -0.398. The van der Waals surface area contributed by atoms with E-state index in [9.17, 15) is 79.0 Å². The SMILES string of the molecule is CPOCCO[SiH](C)CCC[SiH](C)O[SiH](C)C(CCC(F)(F)C(F)(F)C(F)(F)C(F)(F)F)CC(F)(F)C(F)(F)C(F)(F)C(F)(F)F. The summed E-state index contributed by atoms with van der Waals surface area (Å²) in [6, 6.07) is 0.683. The first-order valence-corrected chi connectivity index (χ1v) is 21.9. The minimum atomic E-state index is -7.39. The van der Waals surface area contributed by atoms with Crippen molar-refractivity contribution in [2.45, 2.75) is 111 Å². The first kappa shape index (κ1) is 45.7. The van der Waals surface area contributed by atoms with Crippen LogP contribution >= 0.6 is 8.81 Å². The maximum atomic E-state index is 14.4. The van der Waals surface area contributed by atoms with Gasteiger partial charge in [0.05, 0.1) is 13.2 Å². The summed E-state index contributed by atoms with van der Waals surface area (Å²) >= 11 is 0. The normalized spacial score (nSPS) is 17.9. The second-order valence-corrected chi connectivity index (χ2v) is 19.4. The Labute approximate surface area is 259 Å². The van der Waals surface area contributed by atoms with Crippen LogP contribution in [-0.2, 0) is 13.1 Å². The van der Waals surface area contributed by atoms with Gasteiger partial charge < -0.3 is 13.1 Å². The highest BCUT2D eigenvalue weighted by Gasteiger charge is 2.83. The molecule has 0 N–H and O–H groups in total. The Morgan fingerprint density at radius 1 is 0.587 bits per heavy atom. The van der Waals surface area contributed by atoms with Crippen molar-refractivity contribution in [3.05, 3.63) is 0 Å². The van der Waals surface area contributed by atoms with Gasteiger partial charge in [0.25, 0.3) is 0 Å². The molecular formula is C21H33F18O3PSi3. The molecule has 3 nitrogen and oxygen atoms in total. The molecule has 0 aliphatic heterocycles. The lowest BCUT2D eigenvalue weighted by Crippen LogP contribution is -2.61. The molecule has 0 amide bonds. The van der Waals surface area contributed by atoms with Crippen LogP contribution in [0.2, 0.25) is 37.3 Å². The van der Waals surface area contributed by atoms with Gasteiger partial charge in [0.2, 0.25) is 0 Å². The van der Waals surface area contributed by atoms with Gasteiger partial charge in [-0.3, -0.25) is 0 Å². The monoisotopic (exact) mass is 790 g/mol. The molecule has 46 heavy (non-hydrogen) atoms. The second kappa shape index (κ2) is 16.6. The lowest BCUT2D eigenvalue weighted by atomic mass is 9.94. The van der Waals surface area contributed by atoms with Gasteiger partial charge in [-0.25, -0.2) is 0 Å². The van der Waals surface area contributed by atoms with E-state index < -0.39 is 99.8 Å². The van der Waals surface area contributed by atoms with Crippen LogP contribution in [0, 0.1) is 0 Å². The first-order valence-electron chi connectivity index (χ1n) is 13.3. The predicted molar refractivity (Wildman–Crippen MR) is 140 cm³/mol. The molecule has 0 saturated heterocycles. The van der Waals surface area contributed by atoms with Crippen LogP contribution < -0.4 is 0 Å². The largest absolute Gasteiger partial charge is 0.460 e. The van der Waals surface area contributed by atoms with Crippen molar-refractivity contribution >= 4 is 35.9 Å². The Morgan fingerprint density at radius 3 is 1.46 bits per heavy atom. The van der Waals surface area contributed by atoms with E-state index in [0.717, 1.165) is 6.55 Å². The maximum absolute atomic E-state index is 14.4. The topological polar surface area (TPSA) is 27.7 Å². The predicted octanol–water partition coefficient (Wildman–Crippen LogP) is 9.19. The van der Waals surface area contributed by atoms with Crippen molar-refractivity contribution in [3.8, 4) is 0 Å². The molecule has 5 unspecified atom stereocenters. The van der Waals surface area contributed by atoms with E-state index in [1.54, 1.807) is 13.2 Å². The lowest BCUT2D eigenvalue weighted by Gasteiger charge is -2.37. The molecule has 0 aromatic rings. The Kier molecular flexibility index (Phi) is 16.5. The first-order chi connectivity index (χ1) is 20.3. The van der Waals surface area contributed by atoms with Crippen LogP contribution in [0.4, 0.5) is 79.0 Å². The van der Waals surface area contributed by atoms with Crippen molar-refractivity contribution in [2.24, 2.45) is 0 Å². The van der Waals surface area contributed by atoms with E-state index in [1.807, 2.05) is 0 Å². The van der Waals surface area contributed by atoms with Crippen molar-refractivity contribution in [3.63, 3.8) is 0 Å². The summed E-state index contributed by atoms with van der Waals surface area (Å²) in [5.74, 6) is -41.9.